The summed E-state index contributed by atoms with van der Waals surface area (Å²) in [5.74, 6) is 0.232. The summed E-state index contributed by atoms with van der Waals surface area (Å²) in [6, 6.07) is 0. The van der Waals surface area contributed by atoms with Crippen molar-refractivity contribution in [2.45, 2.75) is 45.6 Å². The summed E-state index contributed by atoms with van der Waals surface area (Å²) >= 11 is 0. The number of nitrogens with zero attached hydrogens (tertiary/aromatic N) is 1. The molecule has 0 radical (unpaired) electrons. The molecule has 1 fully saturated rings. The van der Waals surface area contributed by atoms with Crippen LogP contribution in [0.2, 0.25) is 0 Å². The zero-order chi connectivity index (χ0) is 9.90. The highest BCUT2D eigenvalue weighted by Crippen LogP contribution is 2.13. The van der Waals surface area contributed by atoms with E-state index in [1.807, 2.05) is 20.8 Å². The van der Waals surface area contributed by atoms with Crippen molar-refractivity contribution in [3.8, 4) is 0 Å². The first-order valence-electron chi connectivity index (χ1n) is 4.91. The van der Waals surface area contributed by atoms with Gasteiger partial charge in [0.1, 0.15) is 6.73 Å². The molecule has 0 aromatic carbocycles. The minimum atomic E-state index is -0.155. The van der Waals surface area contributed by atoms with Gasteiger partial charge in [0.15, 0.2) is 0 Å². The van der Waals surface area contributed by atoms with Gasteiger partial charge in [-0.05, 0) is 33.6 Å². The quantitative estimate of drug-likeness (QED) is 0.656. The normalized spacial score (nSPS) is 19.3. The Labute approximate surface area is 80.1 Å². The van der Waals surface area contributed by atoms with E-state index in [1.54, 1.807) is 4.90 Å². The number of likely N-dealkylation sites (tertiary alicyclic amines) is 1. The second kappa shape index (κ2) is 4.09. The Hall–Kier alpha value is -0.570. The summed E-state index contributed by atoms with van der Waals surface area (Å²) < 4.78 is 5.54. The van der Waals surface area contributed by atoms with Gasteiger partial charge in [0, 0.05) is 13.0 Å². The summed E-state index contributed by atoms with van der Waals surface area (Å²) in [6.07, 6.45) is 2.83. The smallest absolute Gasteiger partial charge is 0.224 e. The molecular weight excluding hydrogens is 166 g/mol. The molecule has 0 unspecified atom stereocenters. The molecule has 1 rings (SSSR count). The van der Waals surface area contributed by atoms with Crippen LogP contribution in [0, 0.1) is 0 Å². The lowest BCUT2D eigenvalue weighted by atomic mass is 10.1. The summed E-state index contributed by atoms with van der Waals surface area (Å²) in [7, 11) is 0. The predicted octanol–water partition coefficient (Wildman–Crippen LogP) is 1.77. The third-order valence-electron chi connectivity index (χ3n) is 2.07. The van der Waals surface area contributed by atoms with Crippen molar-refractivity contribution in [1.29, 1.82) is 0 Å². The number of hydrogen-bond donors (Lipinski definition) is 0. The van der Waals surface area contributed by atoms with Gasteiger partial charge in [0.2, 0.25) is 5.91 Å². The minimum absolute atomic E-state index is 0.155. The van der Waals surface area contributed by atoms with Gasteiger partial charge < -0.3 is 9.64 Å². The zero-order valence-electron chi connectivity index (χ0n) is 8.80. The number of carbonyl (C=O) groups excluding carboxylic acids is 1. The number of piperidine rings is 1. The van der Waals surface area contributed by atoms with Crippen LogP contribution in [0.1, 0.15) is 40.0 Å². The first-order chi connectivity index (χ1) is 5.99. The largest absolute Gasteiger partial charge is 0.355 e. The van der Waals surface area contributed by atoms with Crippen molar-refractivity contribution < 1.29 is 9.53 Å². The zero-order valence-corrected chi connectivity index (χ0v) is 8.80. The molecule has 0 aromatic heterocycles. The van der Waals surface area contributed by atoms with Crippen molar-refractivity contribution in [2.24, 2.45) is 0 Å². The van der Waals surface area contributed by atoms with E-state index in [-0.39, 0.29) is 11.5 Å². The SMILES string of the molecule is CC(C)(C)OCN1CCCCC1=O. The van der Waals surface area contributed by atoms with Gasteiger partial charge in [0.25, 0.3) is 0 Å². The number of carbonyl (C=O) groups is 1. The predicted molar refractivity (Wildman–Crippen MR) is 51.3 cm³/mol. The third kappa shape index (κ3) is 3.77. The molecule has 1 amide bonds. The maximum atomic E-state index is 11.4. The van der Waals surface area contributed by atoms with E-state index in [0.717, 1.165) is 19.4 Å². The third-order valence-corrected chi connectivity index (χ3v) is 2.07. The first kappa shape index (κ1) is 10.5. The molecule has 0 atom stereocenters. The van der Waals surface area contributed by atoms with Crippen LogP contribution in [0.25, 0.3) is 0 Å². The van der Waals surface area contributed by atoms with Crippen LogP contribution in [0.5, 0.6) is 0 Å². The van der Waals surface area contributed by atoms with Crippen molar-refractivity contribution in [1.82, 2.24) is 4.90 Å². The van der Waals surface area contributed by atoms with Crippen molar-refractivity contribution in [2.75, 3.05) is 13.3 Å². The molecule has 76 valence electrons. The average molecular weight is 185 g/mol. The Morgan fingerprint density at radius 3 is 2.62 bits per heavy atom. The van der Waals surface area contributed by atoms with E-state index in [1.165, 1.54) is 0 Å². The van der Waals surface area contributed by atoms with Crippen molar-refractivity contribution >= 4 is 5.91 Å². The van der Waals surface area contributed by atoms with Crippen LogP contribution in [-0.4, -0.2) is 29.7 Å². The Kier molecular flexibility index (Phi) is 3.31. The van der Waals surface area contributed by atoms with E-state index >= 15 is 0 Å². The van der Waals surface area contributed by atoms with Crippen LogP contribution in [-0.2, 0) is 9.53 Å². The Morgan fingerprint density at radius 2 is 2.08 bits per heavy atom. The molecule has 3 nitrogen and oxygen atoms in total. The molecular formula is C10H19NO2. The van der Waals surface area contributed by atoms with Crippen LogP contribution >= 0.6 is 0 Å². The summed E-state index contributed by atoms with van der Waals surface area (Å²) in [5.41, 5.74) is -0.155. The fraction of sp³-hybridized carbons (Fsp3) is 0.900. The van der Waals surface area contributed by atoms with E-state index in [9.17, 15) is 4.79 Å². The topological polar surface area (TPSA) is 29.5 Å². The molecule has 1 aliphatic rings. The summed E-state index contributed by atoms with van der Waals surface area (Å²) in [6.45, 7) is 7.31. The number of amides is 1. The maximum absolute atomic E-state index is 11.4. The lowest BCUT2D eigenvalue weighted by molar-refractivity contribution is -0.144. The second-order valence-corrected chi connectivity index (χ2v) is 4.50. The van der Waals surface area contributed by atoms with Gasteiger partial charge in [0.05, 0.1) is 5.60 Å². The van der Waals surface area contributed by atoms with E-state index in [4.69, 9.17) is 4.74 Å². The molecule has 13 heavy (non-hydrogen) atoms. The van der Waals surface area contributed by atoms with E-state index < -0.39 is 0 Å². The monoisotopic (exact) mass is 185 g/mol. The van der Waals surface area contributed by atoms with Gasteiger partial charge >= 0.3 is 0 Å². The van der Waals surface area contributed by atoms with Gasteiger partial charge in [-0.25, -0.2) is 0 Å². The molecule has 1 saturated heterocycles. The van der Waals surface area contributed by atoms with Gasteiger partial charge in [-0.15, -0.1) is 0 Å². The molecule has 3 heteroatoms. The molecule has 0 saturated carbocycles. The van der Waals surface area contributed by atoms with Crippen LogP contribution in [0.3, 0.4) is 0 Å². The number of rotatable bonds is 2. The lowest BCUT2D eigenvalue weighted by Gasteiger charge is -2.30. The van der Waals surface area contributed by atoms with Crippen molar-refractivity contribution in [3.63, 3.8) is 0 Å². The summed E-state index contributed by atoms with van der Waals surface area (Å²) in [4.78, 5) is 13.2. The molecule has 0 N–H and O–H groups in total. The standard InChI is InChI=1S/C10H19NO2/c1-10(2,3)13-8-11-7-5-4-6-9(11)12/h4-8H2,1-3H3. The highest BCUT2D eigenvalue weighted by molar-refractivity contribution is 5.76. The van der Waals surface area contributed by atoms with Gasteiger partial charge in [-0.2, -0.15) is 0 Å². The Balaban J connectivity index is 2.31. The number of ether oxygens (including phenoxy) is 1. The Morgan fingerprint density at radius 1 is 1.38 bits per heavy atom. The average Bonchev–Trinajstić information content (AvgIpc) is 2.01. The fourth-order valence-electron chi connectivity index (χ4n) is 1.27. The summed E-state index contributed by atoms with van der Waals surface area (Å²) in [5, 5.41) is 0. The van der Waals surface area contributed by atoms with Crippen molar-refractivity contribution in [3.05, 3.63) is 0 Å². The van der Waals surface area contributed by atoms with E-state index in [0.29, 0.717) is 13.2 Å². The van der Waals surface area contributed by atoms with Crippen LogP contribution < -0.4 is 0 Å². The number of hydrogen-bond acceptors (Lipinski definition) is 2. The maximum Gasteiger partial charge on any atom is 0.224 e. The van der Waals surface area contributed by atoms with Gasteiger partial charge in [-0.3, -0.25) is 4.79 Å². The Bertz CT molecular complexity index is 184. The molecule has 0 spiro atoms. The minimum Gasteiger partial charge on any atom is -0.355 e. The lowest BCUT2D eigenvalue weighted by Crippen LogP contribution is -2.39. The first-order valence-corrected chi connectivity index (χ1v) is 4.91. The van der Waals surface area contributed by atoms with E-state index in [2.05, 4.69) is 0 Å². The highest BCUT2D eigenvalue weighted by Gasteiger charge is 2.20. The second-order valence-electron chi connectivity index (χ2n) is 4.50. The molecule has 0 aliphatic carbocycles. The molecule has 1 heterocycles. The molecule has 0 aromatic rings. The van der Waals surface area contributed by atoms with Crippen LogP contribution in [0.4, 0.5) is 0 Å². The fourth-order valence-corrected chi connectivity index (χ4v) is 1.27. The highest BCUT2D eigenvalue weighted by atomic mass is 16.5. The molecule has 0 bridgehead atoms. The van der Waals surface area contributed by atoms with Crippen LogP contribution in [0.15, 0.2) is 0 Å². The molecule has 1 aliphatic heterocycles. The van der Waals surface area contributed by atoms with Gasteiger partial charge in [-0.1, -0.05) is 0 Å².